The van der Waals surface area contributed by atoms with Crippen molar-refractivity contribution in [2.45, 2.75) is 32.7 Å². The Kier molecular flexibility index (Phi) is 5.39. The Morgan fingerprint density at radius 3 is 2.71 bits per heavy atom. The van der Waals surface area contributed by atoms with E-state index in [1.54, 1.807) is 17.6 Å². The van der Waals surface area contributed by atoms with Crippen molar-refractivity contribution in [2.24, 2.45) is 5.73 Å². The molecule has 1 atom stereocenters. The third-order valence-electron chi connectivity index (χ3n) is 4.76. The Balaban J connectivity index is 2.12. The lowest BCUT2D eigenvalue weighted by Gasteiger charge is -2.12. The Morgan fingerprint density at radius 1 is 1.32 bits per heavy atom. The normalized spacial score (nSPS) is 12.1. The quantitative estimate of drug-likeness (QED) is 0.339. The van der Waals surface area contributed by atoms with E-state index in [2.05, 4.69) is 4.98 Å². The molecule has 0 bridgehead atoms. The number of amides is 1. The van der Waals surface area contributed by atoms with Gasteiger partial charge in [0.2, 0.25) is 0 Å². The molecule has 1 aromatic heterocycles. The van der Waals surface area contributed by atoms with E-state index in [9.17, 15) is 14.9 Å². The van der Waals surface area contributed by atoms with Crippen LogP contribution >= 0.6 is 0 Å². The number of carbonyl (C=O) groups is 1. The van der Waals surface area contributed by atoms with Gasteiger partial charge in [0.1, 0.15) is 5.82 Å². The van der Waals surface area contributed by atoms with Gasteiger partial charge in [-0.15, -0.1) is 0 Å². The van der Waals surface area contributed by atoms with Crippen molar-refractivity contribution in [3.8, 4) is 5.69 Å². The fourth-order valence-corrected chi connectivity index (χ4v) is 3.08. The minimum atomic E-state index is -0.896. The van der Waals surface area contributed by atoms with Gasteiger partial charge in [-0.25, -0.2) is 10.5 Å². The largest absolute Gasteiger partial charge is 0.320 e. The summed E-state index contributed by atoms with van der Waals surface area (Å²) in [5.74, 6) is -0.0496. The Bertz CT molecular complexity index is 1060. The van der Waals surface area contributed by atoms with Gasteiger partial charge < -0.3 is 5.73 Å². The van der Waals surface area contributed by atoms with Crippen LogP contribution < -0.4 is 11.2 Å². The monoisotopic (exact) mass is 383 g/mol. The molecule has 0 saturated heterocycles. The molecule has 1 heterocycles. The summed E-state index contributed by atoms with van der Waals surface area (Å²) < 4.78 is 1.85. The maximum absolute atomic E-state index is 11.5. The zero-order valence-corrected chi connectivity index (χ0v) is 15.5. The van der Waals surface area contributed by atoms with Crippen LogP contribution in [0.2, 0.25) is 0 Å². The number of carbonyl (C=O) groups excluding carboxylic acids is 1. The van der Waals surface area contributed by atoms with E-state index < -0.39 is 16.9 Å². The van der Waals surface area contributed by atoms with Gasteiger partial charge in [0.25, 0.3) is 11.6 Å². The summed E-state index contributed by atoms with van der Waals surface area (Å²) >= 11 is 0. The highest BCUT2D eigenvalue weighted by Gasteiger charge is 2.19. The van der Waals surface area contributed by atoms with Crippen LogP contribution in [0.3, 0.4) is 0 Å². The predicted molar refractivity (Wildman–Crippen MR) is 103 cm³/mol. The van der Waals surface area contributed by atoms with Crippen LogP contribution in [0.25, 0.3) is 16.7 Å². The topological polar surface area (TPSA) is 136 Å². The Morgan fingerprint density at radius 2 is 2.04 bits per heavy atom. The smallest absolute Gasteiger partial charge is 0.271 e. The number of aromatic nitrogens is 2. The number of rotatable bonds is 6. The third-order valence-corrected chi connectivity index (χ3v) is 4.76. The number of nitro benzene ring substituents is 1. The van der Waals surface area contributed by atoms with Crippen LogP contribution in [0.1, 0.15) is 23.4 Å². The van der Waals surface area contributed by atoms with Gasteiger partial charge in [-0.1, -0.05) is 6.07 Å². The lowest BCUT2D eigenvalue weighted by Crippen LogP contribution is -2.39. The summed E-state index contributed by atoms with van der Waals surface area (Å²) in [6, 6.07) is 9.36. The van der Waals surface area contributed by atoms with Gasteiger partial charge in [0.15, 0.2) is 0 Å². The molecule has 0 fully saturated rings. The number of fused-ring (bicyclic) bond motifs is 1. The molecule has 0 radical (unpaired) electrons. The first-order valence-corrected chi connectivity index (χ1v) is 8.74. The van der Waals surface area contributed by atoms with E-state index in [1.807, 2.05) is 30.5 Å². The number of imidazole rings is 1. The van der Waals surface area contributed by atoms with Crippen LogP contribution in [0.4, 0.5) is 5.69 Å². The molecule has 28 heavy (non-hydrogen) atoms. The molecule has 0 aliphatic rings. The summed E-state index contributed by atoms with van der Waals surface area (Å²) in [7, 11) is 0. The van der Waals surface area contributed by atoms with Crippen LogP contribution in [-0.2, 0) is 11.2 Å². The lowest BCUT2D eigenvalue weighted by atomic mass is 10.1. The number of nitrogens with two attached hydrogens (primary N) is 1. The van der Waals surface area contributed by atoms with Crippen molar-refractivity contribution in [2.75, 3.05) is 0 Å². The number of nitrogens with one attached hydrogen (secondary N) is 1. The summed E-state index contributed by atoms with van der Waals surface area (Å²) in [6.07, 6.45) is 0.604. The number of nitrogens with zero attached hydrogens (tertiary/aromatic N) is 3. The lowest BCUT2D eigenvalue weighted by molar-refractivity contribution is -0.384. The first-order chi connectivity index (χ1) is 13.3. The second-order valence-electron chi connectivity index (χ2n) is 6.69. The predicted octanol–water partition coefficient (Wildman–Crippen LogP) is 2.32. The molecule has 1 amide bonds. The van der Waals surface area contributed by atoms with Crippen molar-refractivity contribution in [1.82, 2.24) is 15.0 Å². The highest BCUT2D eigenvalue weighted by molar-refractivity contribution is 5.81. The average molecular weight is 383 g/mol. The van der Waals surface area contributed by atoms with Crippen molar-refractivity contribution in [3.63, 3.8) is 0 Å². The van der Waals surface area contributed by atoms with Crippen molar-refractivity contribution < 1.29 is 14.9 Å². The number of hydrogen-bond donors (Lipinski definition) is 3. The summed E-state index contributed by atoms with van der Waals surface area (Å²) in [4.78, 5) is 26.9. The summed E-state index contributed by atoms with van der Waals surface area (Å²) in [6.45, 7) is 3.98. The van der Waals surface area contributed by atoms with E-state index >= 15 is 0 Å². The number of non-ortho nitro benzene ring substituents is 1. The van der Waals surface area contributed by atoms with E-state index in [0.717, 1.165) is 22.2 Å². The summed E-state index contributed by atoms with van der Waals surface area (Å²) in [5.41, 5.74) is 11.6. The molecule has 4 N–H and O–H groups in total. The standard InChI is InChI=1S/C19H21N5O4/c1-11-8-16-17(9-12(11)2)23(13-4-3-5-14(10-13)24(27)28)18(21-16)7-6-15(20)19(25)22-26/h3-5,8-10,15,26H,6-7,20H2,1-2H3,(H,22,25). The highest BCUT2D eigenvalue weighted by atomic mass is 16.6. The molecule has 2 aromatic carbocycles. The van der Waals surface area contributed by atoms with Crippen molar-refractivity contribution >= 4 is 22.6 Å². The number of hydroxylamine groups is 1. The number of hydrogen-bond acceptors (Lipinski definition) is 6. The first kappa shape index (κ1) is 19.5. The van der Waals surface area contributed by atoms with Gasteiger partial charge in [0, 0.05) is 18.6 Å². The molecule has 0 spiro atoms. The molecule has 9 heteroatoms. The van der Waals surface area contributed by atoms with Crippen molar-refractivity contribution in [1.29, 1.82) is 0 Å². The van der Waals surface area contributed by atoms with Gasteiger partial charge in [-0.05, 0) is 49.6 Å². The maximum Gasteiger partial charge on any atom is 0.271 e. The molecular weight excluding hydrogens is 362 g/mol. The molecule has 9 nitrogen and oxygen atoms in total. The molecular formula is C19H21N5O4. The fourth-order valence-electron chi connectivity index (χ4n) is 3.08. The van der Waals surface area contributed by atoms with E-state index in [-0.39, 0.29) is 12.1 Å². The first-order valence-electron chi connectivity index (χ1n) is 8.74. The molecule has 0 aliphatic carbocycles. The molecule has 0 saturated carbocycles. The van der Waals surface area contributed by atoms with Gasteiger partial charge in [-0.3, -0.25) is 24.7 Å². The second kappa shape index (κ2) is 7.75. The Labute approximate surface area is 160 Å². The number of aryl methyl sites for hydroxylation is 3. The van der Waals surface area contributed by atoms with Crippen LogP contribution in [0.15, 0.2) is 36.4 Å². The average Bonchev–Trinajstić information content (AvgIpc) is 3.02. The highest BCUT2D eigenvalue weighted by Crippen LogP contribution is 2.27. The van der Waals surface area contributed by atoms with Crippen LogP contribution in [-0.4, -0.2) is 31.6 Å². The second-order valence-corrected chi connectivity index (χ2v) is 6.69. The van der Waals surface area contributed by atoms with E-state index in [0.29, 0.717) is 17.9 Å². The molecule has 3 rings (SSSR count). The fraction of sp³-hybridized carbons (Fsp3) is 0.263. The molecule has 0 aliphatic heterocycles. The van der Waals surface area contributed by atoms with Crippen molar-refractivity contribution in [3.05, 3.63) is 63.5 Å². The van der Waals surface area contributed by atoms with Gasteiger partial charge in [-0.2, -0.15) is 0 Å². The van der Waals surface area contributed by atoms with Crippen LogP contribution in [0, 0.1) is 24.0 Å². The van der Waals surface area contributed by atoms with E-state index in [1.165, 1.54) is 12.1 Å². The molecule has 1 unspecified atom stereocenters. The van der Waals surface area contributed by atoms with E-state index in [4.69, 9.17) is 10.9 Å². The van der Waals surface area contributed by atoms with Gasteiger partial charge in [0.05, 0.1) is 27.7 Å². The zero-order chi connectivity index (χ0) is 20.4. The Hall–Kier alpha value is -3.30. The third kappa shape index (κ3) is 3.71. The number of benzene rings is 2. The number of nitro groups is 1. The SMILES string of the molecule is Cc1cc2nc(CCC(N)C(=O)NO)n(-c3cccc([N+](=O)[O-])c3)c2cc1C. The van der Waals surface area contributed by atoms with Gasteiger partial charge >= 0.3 is 0 Å². The van der Waals surface area contributed by atoms with Crippen LogP contribution in [0.5, 0.6) is 0 Å². The zero-order valence-electron chi connectivity index (χ0n) is 15.5. The maximum atomic E-state index is 11.5. The molecule has 146 valence electrons. The minimum Gasteiger partial charge on any atom is -0.320 e. The minimum absolute atomic E-state index is 0.0227. The summed E-state index contributed by atoms with van der Waals surface area (Å²) in [5, 5.41) is 19.9. The molecule has 3 aromatic rings.